The fourth-order valence-corrected chi connectivity index (χ4v) is 3.94. The van der Waals surface area contributed by atoms with Gasteiger partial charge in [-0.2, -0.15) is 0 Å². The minimum absolute atomic E-state index is 0.0616. The standard InChI is InChI=1S/C20H30N4O2/c1-4-23-9-5-6-18(23)12-21-20(26)22-16-11-19(25)24(13-16)17-8-7-14(2)15(3)10-17/h7-8,10,16,18H,4-6,9,11-13H2,1-3H3,(H2,21,22,26)/t16-,18+/m1/s1. The smallest absolute Gasteiger partial charge is 0.315 e. The van der Waals surface area contributed by atoms with Gasteiger partial charge in [0.2, 0.25) is 5.91 Å². The van der Waals surface area contributed by atoms with Gasteiger partial charge in [0.25, 0.3) is 0 Å². The maximum atomic E-state index is 12.4. The predicted molar refractivity (Wildman–Crippen MR) is 103 cm³/mol. The van der Waals surface area contributed by atoms with Crippen LogP contribution in [0.3, 0.4) is 0 Å². The second-order valence-electron chi connectivity index (χ2n) is 7.45. The number of amides is 3. The van der Waals surface area contributed by atoms with Gasteiger partial charge < -0.3 is 15.5 Å². The fourth-order valence-electron chi connectivity index (χ4n) is 3.94. The normalized spacial score (nSPS) is 23.5. The van der Waals surface area contributed by atoms with Crippen molar-refractivity contribution in [2.24, 2.45) is 0 Å². The summed E-state index contributed by atoms with van der Waals surface area (Å²) in [7, 11) is 0. The minimum atomic E-state index is -0.173. The Morgan fingerprint density at radius 2 is 2.08 bits per heavy atom. The van der Waals surface area contributed by atoms with Crippen molar-refractivity contribution in [1.82, 2.24) is 15.5 Å². The van der Waals surface area contributed by atoms with Gasteiger partial charge in [0.05, 0.1) is 6.04 Å². The number of nitrogens with zero attached hydrogens (tertiary/aromatic N) is 2. The number of rotatable bonds is 5. The van der Waals surface area contributed by atoms with E-state index in [1.165, 1.54) is 17.5 Å². The average molecular weight is 358 g/mol. The third kappa shape index (κ3) is 4.18. The summed E-state index contributed by atoms with van der Waals surface area (Å²) in [6, 6.07) is 6.16. The molecule has 1 aromatic carbocycles. The first-order chi connectivity index (χ1) is 12.5. The molecule has 6 heteroatoms. The monoisotopic (exact) mass is 358 g/mol. The fraction of sp³-hybridized carbons (Fsp3) is 0.600. The largest absolute Gasteiger partial charge is 0.337 e. The van der Waals surface area contributed by atoms with Crippen LogP contribution in [0.15, 0.2) is 18.2 Å². The molecule has 2 saturated heterocycles. The number of carbonyl (C=O) groups excluding carboxylic acids is 2. The van der Waals surface area contributed by atoms with Gasteiger partial charge in [-0.1, -0.05) is 13.0 Å². The molecule has 3 rings (SSSR count). The molecule has 0 aromatic heterocycles. The van der Waals surface area contributed by atoms with Crippen LogP contribution in [-0.2, 0) is 4.79 Å². The molecule has 2 atom stereocenters. The number of benzene rings is 1. The maximum Gasteiger partial charge on any atom is 0.315 e. The van der Waals surface area contributed by atoms with E-state index in [9.17, 15) is 9.59 Å². The predicted octanol–water partition coefficient (Wildman–Crippen LogP) is 2.19. The number of nitrogens with one attached hydrogen (secondary N) is 2. The van der Waals surface area contributed by atoms with E-state index in [-0.39, 0.29) is 18.0 Å². The van der Waals surface area contributed by atoms with Crippen LogP contribution in [0.25, 0.3) is 0 Å². The van der Waals surface area contributed by atoms with Gasteiger partial charge in [-0.05, 0) is 63.0 Å². The number of hydrogen-bond acceptors (Lipinski definition) is 3. The van der Waals surface area contributed by atoms with Gasteiger partial charge in [-0.25, -0.2) is 4.79 Å². The van der Waals surface area contributed by atoms with Crippen molar-refractivity contribution in [1.29, 1.82) is 0 Å². The molecule has 2 aliphatic rings. The molecule has 0 bridgehead atoms. The SMILES string of the molecule is CCN1CCC[C@H]1CNC(=O)N[C@@H]1CC(=O)N(c2ccc(C)c(C)c2)C1. The first-order valence-electron chi connectivity index (χ1n) is 9.64. The number of likely N-dealkylation sites (tertiary alicyclic amines) is 1. The Morgan fingerprint density at radius 3 is 2.81 bits per heavy atom. The number of hydrogen-bond donors (Lipinski definition) is 2. The molecule has 2 fully saturated rings. The highest BCUT2D eigenvalue weighted by atomic mass is 16.2. The van der Waals surface area contributed by atoms with Crippen LogP contribution in [0.4, 0.5) is 10.5 Å². The Labute approximate surface area is 155 Å². The number of likely N-dealkylation sites (N-methyl/N-ethyl adjacent to an activating group) is 1. The summed E-state index contributed by atoms with van der Waals surface area (Å²) in [6.45, 7) is 9.60. The molecule has 0 unspecified atom stereocenters. The summed E-state index contributed by atoms with van der Waals surface area (Å²) >= 11 is 0. The lowest BCUT2D eigenvalue weighted by molar-refractivity contribution is -0.117. The van der Waals surface area contributed by atoms with Gasteiger partial charge in [0, 0.05) is 31.2 Å². The van der Waals surface area contributed by atoms with Crippen molar-refractivity contribution in [2.45, 2.75) is 52.1 Å². The maximum absolute atomic E-state index is 12.4. The van der Waals surface area contributed by atoms with E-state index >= 15 is 0 Å². The Morgan fingerprint density at radius 1 is 1.27 bits per heavy atom. The summed E-state index contributed by atoms with van der Waals surface area (Å²) in [6.07, 6.45) is 2.69. The van der Waals surface area contributed by atoms with Crippen molar-refractivity contribution in [3.8, 4) is 0 Å². The van der Waals surface area contributed by atoms with Crippen LogP contribution in [0.1, 0.15) is 37.3 Å². The Kier molecular flexibility index (Phi) is 5.81. The van der Waals surface area contributed by atoms with E-state index in [0.717, 1.165) is 25.2 Å². The first-order valence-corrected chi connectivity index (χ1v) is 9.64. The van der Waals surface area contributed by atoms with Crippen LogP contribution in [0.5, 0.6) is 0 Å². The summed E-state index contributed by atoms with van der Waals surface area (Å²) in [5.74, 6) is 0.0616. The summed E-state index contributed by atoms with van der Waals surface area (Å²) in [5.41, 5.74) is 3.29. The molecule has 2 N–H and O–H groups in total. The lowest BCUT2D eigenvalue weighted by Gasteiger charge is -2.23. The average Bonchev–Trinajstić information content (AvgIpc) is 3.21. The zero-order chi connectivity index (χ0) is 18.7. The minimum Gasteiger partial charge on any atom is -0.337 e. The molecule has 0 spiro atoms. The van der Waals surface area contributed by atoms with Crippen molar-refractivity contribution in [2.75, 3.05) is 31.1 Å². The van der Waals surface area contributed by atoms with Gasteiger partial charge in [0.15, 0.2) is 0 Å². The van der Waals surface area contributed by atoms with Gasteiger partial charge in [0.1, 0.15) is 0 Å². The highest BCUT2D eigenvalue weighted by Crippen LogP contribution is 2.24. The molecule has 0 radical (unpaired) electrons. The molecule has 26 heavy (non-hydrogen) atoms. The molecule has 0 saturated carbocycles. The number of carbonyl (C=O) groups is 2. The van der Waals surface area contributed by atoms with Crippen molar-refractivity contribution < 1.29 is 9.59 Å². The molecule has 2 aliphatic heterocycles. The Bertz CT molecular complexity index is 676. The van der Waals surface area contributed by atoms with Crippen LogP contribution in [0.2, 0.25) is 0 Å². The van der Waals surface area contributed by atoms with E-state index in [2.05, 4.69) is 29.4 Å². The third-order valence-corrected chi connectivity index (χ3v) is 5.67. The van der Waals surface area contributed by atoms with Crippen molar-refractivity contribution in [3.63, 3.8) is 0 Å². The quantitative estimate of drug-likeness (QED) is 0.848. The van der Waals surface area contributed by atoms with E-state index < -0.39 is 0 Å². The van der Waals surface area contributed by atoms with Gasteiger partial charge in [-0.15, -0.1) is 0 Å². The lowest BCUT2D eigenvalue weighted by Crippen LogP contribution is -2.47. The molecule has 2 heterocycles. The zero-order valence-corrected chi connectivity index (χ0v) is 16.0. The molecule has 1 aromatic rings. The van der Waals surface area contributed by atoms with E-state index in [1.54, 1.807) is 4.90 Å². The van der Waals surface area contributed by atoms with Crippen LogP contribution in [0, 0.1) is 13.8 Å². The highest BCUT2D eigenvalue weighted by Gasteiger charge is 2.32. The summed E-state index contributed by atoms with van der Waals surface area (Å²) in [4.78, 5) is 28.8. The topological polar surface area (TPSA) is 64.7 Å². The summed E-state index contributed by atoms with van der Waals surface area (Å²) < 4.78 is 0. The lowest BCUT2D eigenvalue weighted by atomic mass is 10.1. The van der Waals surface area contributed by atoms with E-state index in [4.69, 9.17) is 0 Å². The van der Waals surface area contributed by atoms with Gasteiger partial charge >= 0.3 is 6.03 Å². The van der Waals surface area contributed by atoms with Crippen LogP contribution in [-0.4, -0.2) is 55.1 Å². The number of urea groups is 1. The second-order valence-corrected chi connectivity index (χ2v) is 7.45. The molecular weight excluding hydrogens is 328 g/mol. The summed E-state index contributed by atoms with van der Waals surface area (Å²) in [5, 5.41) is 5.94. The Hall–Kier alpha value is -2.08. The number of aryl methyl sites for hydroxylation is 2. The van der Waals surface area contributed by atoms with Crippen molar-refractivity contribution >= 4 is 17.6 Å². The van der Waals surface area contributed by atoms with E-state index in [1.807, 2.05) is 25.1 Å². The third-order valence-electron chi connectivity index (χ3n) is 5.67. The van der Waals surface area contributed by atoms with Gasteiger partial charge in [-0.3, -0.25) is 9.69 Å². The van der Waals surface area contributed by atoms with E-state index in [0.29, 0.717) is 25.6 Å². The zero-order valence-electron chi connectivity index (χ0n) is 16.0. The second kappa shape index (κ2) is 8.08. The number of anilines is 1. The first kappa shape index (κ1) is 18.7. The molecular formula is C20H30N4O2. The molecule has 142 valence electrons. The Balaban J connectivity index is 1.50. The molecule has 0 aliphatic carbocycles. The highest BCUT2D eigenvalue weighted by molar-refractivity contribution is 5.96. The molecule has 3 amide bonds. The van der Waals surface area contributed by atoms with Crippen LogP contribution >= 0.6 is 0 Å². The van der Waals surface area contributed by atoms with Crippen LogP contribution < -0.4 is 15.5 Å². The van der Waals surface area contributed by atoms with Crippen molar-refractivity contribution in [3.05, 3.63) is 29.3 Å². The molecule has 6 nitrogen and oxygen atoms in total.